The van der Waals surface area contributed by atoms with Gasteiger partial charge in [0.05, 0.1) is 0 Å². The molecule has 0 saturated heterocycles. The maximum absolute atomic E-state index is 12.4. The summed E-state index contributed by atoms with van der Waals surface area (Å²) in [6.45, 7) is 3.31. The maximum atomic E-state index is 12.4. The van der Waals surface area contributed by atoms with Crippen molar-refractivity contribution in [3.8, 4) is 11.1 Å². The topological polar surface area (TPSA) is 83.5 Å². The van der Waals surface area contributed by atoms with E-state index in [9.17, 15) is 13.2 Å². The van der Waals surface area contributed by atoms with Gasteiger partial charge in [-0.15, -0.1) is 0 Å². The van der Waals surface area contributed by atoms with Gasteiger partial charge in [0.1, 0.15) is 0 Å². The molecule has 0 radical (unpaired) electrons. The third-order valence-electron chi connectivity index (χ3n) is 3.62. The molecule has 2 unspecified atom stereocenters. The van der Waals surface area contributed by atoms with Crippen molar-refractivity contribution in [1.29, 1.82) is 0 Å². The molecule has 0 bridgehead atoms. The summed E-state index contributed by atoms with van der Waals surface area (Å²) >= 11 is 1.54. The molecule has 2 atom stereocenters. The zero-order chi connectivity index (χ0) is 17.9. The van der Waals surface area contributed by atoms with Crippen LogP contribution in [0.3, 0.4) is 0 Å². The van der Waals surface area contributed by atoms with Crippen molar-refractivity contribution >= 4 is 37.2 Å². The fourth-order valence-electron chi connectivity index (χ4n) is 2.21. The number of carbonyl (C=O) groups is 1. The molecule has 0 saturated carbocycles. The molecular formula is C17H20AsNO4S. The first kappa shape index (κ1) is 18.7. The molecule has 0 spiro atoms. The van der Waals surface area contributed by atoms with E-state index in [0.717, 1.165) is 11.1 Å². The van der Waals surface area contributed by atoms with E-state index in [4.69, 9.17) is 5.11 Å². The van der Waals surface area contributed by atoms with Gasteiger partial charge in [-0.3, -0.25) is 4.79 Å². The fraction of sp³-hybridized carbons (Fsp3) is 0.235. The molecule has 0 heterocycles. The second-order valence-electron chi connectivity index (χ2n) is 5.83. The van der Waals surface area contributed by atoms with E-state index >= 15 is 0 Å². The molecule has 0 fully saturated rings. The monoisotopic (exact) mass is 409 g/mol. The Bertz CT molecular complexity index is 815. The first-order valence-corrected chi connectivity index (χ1v) is 10.1. The molecule has 2 aromatic carbocycles. The van der Waals surface area contributed by atoms with Gasteiger partial charge in [-0.05, 0) is 0 Å². The SMILES string of the molecule is CC(C)C(NS(=O)(=O)c1ccc(-c2ccc([AsH2])cc2)cc1)C(=O)O. The fourth-order valence-corrected chi connectivity index (χ4v) is 3.95. The summed E-state index contributed by atoms with van der Waals surface area (Å²) in [4.78, 5) is 11.2. The summed E-state index contributed by atoms with van der Waals surface area (Å²) < 4.78 is 28.2. The number of nitrogens with one attached hydrogen (secondary N) is 1. The summed E-state index contributed by atoms with van der Waals surface area (Å²) in [5.74, 6) is -1.54. The van der Waals surface area contributed by atoms with Crippen molar-refractivity contribution in [1.82, 2.24) is 4.72 Å². The summed E-state index contributed by atoms with van der Waals surface area (Å²) in [5.41, 5.74) is 1.90. The minimum absolute atomic E-state index is 0.0496. The van der Waals surface area contributed by atoms with Crippen LogP contribution < -0.4 is 9.07 Å². The number of hydrogen-bond donors (Lipinski definition) is 2. The summed E-state index contributed by atoms with van der Waals surface area (Å²) in [6, 6.07) is 13.2. The van der Waals surface area contributed by atoms with Crippen molar-refractivity contribution in [3.63, 3.8) is 0 Å². The third-order valence-corrected chi connectivity index (χ3v) is 5.89. The van der Waals surface area contributed by atoms with Gasteiger partial charge in [-0.2, -0.15) is 0 Å². The number of benzene rings is 2. The first-order valence-electron chi connectivity index (χ1n) is 7.42. The summed E-state index contributed by atoms with van der Waals surface area (Å²) in [5, 5.41) is 9.14. The van der Waals surface area contributed by atoms with E-state index < -0.39 is 22.0 Å². The van der Waals surface area contributed by atoms with Crippen LogP contribution in [0.2, 0.25) is 0 Å². The second kappa shape index (κ2) is 7.51. The van der Waals surface area contributed by atoms with Crippen LogP contribution in [0.5, 0.6) is 0 Å². The van der Waals surface area contributed by atoms with Crippen LogP contribution in [0.1, 0.15) is 13.8 Å². The zero-order valence-corrected chi connectivity index (χ0v) is 16.7. The van der Waals surface area contributed by atoms with Crippen LogP contribution in [-0.2, 0) is 14.8 Å². The third kappa shape index (κ3) is 4.47. The Morgan fingerprint density at radius 2 is 1.46 bits per heavy atom. The number of carboxylic acids is 1. The molecule has 0 aliphatic carbocycles. The van der Waals surface area contributed by atoms with Crippen LogP contribution >= 0.6 is 0 Å². The number of rotatable bonds is 6. The number of carboxylic acid groups (broad SMARTS) is 1. The van der Waals surface area contributed by atoms with Crippen LogP contribution in [0.25, 0.3) is 11.1 Å². The summed E-state index contributed by atoms with van der Waals surface area (Å²) in [6.07, 6.45) is 0. The van der Waals surface area contributed by atoms with Crippen molar-refractivity contribution < 1.29 is 18.3 Å². The van der Waals surface area contributed by atoms with Gasteiger partial charge >= 0.3 is 127 Å². The Morgan fingerprint density at radius 1 is 1.00 bits per heavy atom. The van der Waals surface area contributed by atoms with E-state index in [1.54, 1.807) is 42.8 Å². The Hall–Kier alpha value is -1.62. The molecular weight excluding hydrogens is 389 g/mol. The van der Waals surface area contributed by atoms with Crippen LogP contribution in [-0.4, -0.2) is 42.4 Å². The van der Waals surface area contributed by atoms with E-state index in [1.165, 1.54) is 16.5 Å². The normalized spacial score (nSPS) is 13.0. The van der Waals surface area contributed by atoms with Gasteiger partial charge in [0.15, 0.2) is 0 Å². The average molecular weight is 409 g/mol. The van der Waals surface area contributed by atoms with Gasteiger partial charge in [0, 0.05) is 0 Å². The Balaban J connectivity index is 2.26. The van der Waals surface area contributed by atoms with E-state index in [0.29, 0.717) is 0 Å². The van der Waals surface area contributed by atoms with Crippen molar-refractivity contribution in [2.45, 2.75) is 24.8 Å². The van der Waals surface area contributed by atoms with Crippen LogP contribution in [0.4, 0.5) is 0 Å². The zero-order valence-electron chi connectivity index (χ0n) is 13.4. The molecule has 24 heavy (non-hydrogen) atoms. The summed E-state index contributed by atoms with van der Waals surface area (Å²) in [7, 11) is -3.88. The molecule has 0 aliphatic heterocycles. The van der Waals surface area contributed by atoms with Crippen LogP contribution in [0, 0.1) is 5.92 Å². The molecule has 128 valence electrons. The van der Waals surface area contributed by atoms with Crippen molar-refractivity contribution in [2.24, 2.45) is 5.92 Å². The van der Waals surface area contributed by atoms with E-state index in [1.807, 2.05) is 24.3 Å². The van der Waals surface area contributed by atoms with Gasteiger partial charge in [-0.25, -0.2) is 0 Å². The van der Waals surface area contributed by atoms with Crippen molar-refractivity contribution in [3.05, 3.63) is 48.5 Å². The van der Waals surface area contributed by atoms with Crippen LogP contribution in [0.15, 0.2) is 53.4 Å². The predicted molar refractivity (Wildman–Crippen MR) is 96.6 cm³/mol. The molecule has 0 aliphatic rings. The Labute approximate surface area is 150 Å². The van der Waals surface area contributed by atoms with Gasteiger partial charge in [0.2, 0.25) is 0 Å². The molecule has 0 amide bonds. The number of hydrogen-bond acceptors (Lipinski definition) is 3. The quantitative estimate of drug-likeness (QED) is 0.698. The Morgan fingerprint density at radius 3 is 1.88 bits per heavy atom. The molecule has 2 aromatic rings. The minimum Gasteiger partial charge on any atom is -0.480 e. The minimum atomic E-state index is -3.88. The van der Waals surface area contributed by atoms with Gasteiger partial charge in [0.25, 0.3) is 0 Å². The molecule has 7 heteroatoms. The molecule has 5 nitrogen and oxygen atoms in total. The first-order chi connectivity index (χ1) is 11.2. The predicted octanol–water partition coefficient (Wildman–Crippen LogP) is 1.000. The number of aliphatic carboxylic acids is 1. The Kier molecular flexibility index (Phi) is 5.86. The number of sulfonamides is 1. The molecule has 0 aromatic heterocycles. The van der Waals surface area contributed by atoms with Crippen molar-refractivity contribution in [2.75, 3.05) is 0 Å². The smallest absolute Gasteiger partial charge is 0.480 e. The van der Waals surface area contributed by atoms with Gasteiger partial charge in [-0.1, -0.05) is 13.8 Å². The molecule has 2 rings (SSSR count). The van der Waals surface area contributed by atoms with E-state index in [2.05, 4.69) is 4.72 Å². The average Bonchev–Trinajstić information content (AvgIpc) is 2.53. The second-order valence-corrected chi connectivity index (χ2v) is 8.94. The van der Waals surface area contributed by atoms with Gasteiger partial charge < -0.3 is 5.11 Å². The molecule has 2 N–H and O–H groups in total. The standard InChI is InChI=1S/C17H20AsNO4S/c1-11(2)16(17(20)21)19-24(22,23)15-9-5-13(6-10-15)12-3-7-14(18)8-4-12/h3-11,16,19H,18H2,1-2H3,(H,20,21). The van der Waals surface area contributed by atoms with E-state index in [-0.39, 0.29) is 10.8 Å².